The van der Waals surface area contributed by atoms with Gasteiger partial charge in [-0.1, -0.05) is 30.7 Å². The topological polar surface area (TPSA) is 55.8 Å². The summed E-state index contributed by atoms with van der Waals surface area (Å²) in [5, 5.41) is 0.403. The van der Waals surface area contributed by atoms with Crippen molar-refractivity contribution in [3.8, 4) is 0 Å². The van der Waals surface area contributed by atoms with Gasteiger partial charge in [0.05, 0.1) is 29.7 Å². The number of esters is 1. The molecule has 1 aromatic rings. The third-order valence-corrected chi connectivity index (χ3v) is 4.27. The first-order valence-electron chi connectivity index (χ1n) is 7.76. The van der Waals surface area contributed by atoms with E-state index < -0.39 is 5.92 Å². The molecule has 0 bridgehead atoms. The zero-order valence-electron chi connectivity index (χ0n) is 13.5. The number of methoxy groups -OCH3 is 1. The molecule has 1 heterocycles. The van der Waals surface area contributed by atoms with Crippen LogP contribution < -0.4 is 0 Å². The smallest absolute Gasteiger partial charge is 0.310 e. The minimum Gasteiger partial charge on any atom is -0.469 e. The molecule has 0 aliphatic carbocycles. The third kappa shape index (κ3) is 4.69. The van der Waals surface area contributed by atoms with Gasteiger partial charge in [0.15, 0.2) is 0 Å². The molecule has 1 aliphatic heterocycles. The van der Waals surface area contributed by atoms with Crippen LogP contribution in [0.4, 0.5) is 0 Å². The highest BCUT2D eigenvalue weighted by atomic mass is 35.5. The number of halogens is 1. The van der Waals surface area contributed by atoms with Crippen LogP contribution in [0.1, 0.15) is 30.1 Å². The van der Waals surface area contributed by atoms with Crippen molar-refractivity contribution in [2.75, 3.05) is 26.8 Å². The number of nitrogens with zero attached hydrogens (tertiary/aromatic N) is 1. The van der Waals surface area contributed by atoms with Crippen molar-refractivity contribution >= 4 is 23.5 Å². The quantitative estimate of drug-likeness (QED) is 0.748. The van der Waals surface area contributed by atoms with Crippen LogP contribution in [0.5, 0.6) is 0 Å². The maximum absolute atomic E-state index is 12.8. The second-order valence-corrected chi connectivity index (χ2v) is 6.16. The summed E-state index contributed by atoms with van der Waals surface area (Å²) in [4.78, 5) is 26.2. The maximum atomic E-state index is 12.8. The molecular formula is C17H22ClNO4. The lowest BCUT2D eigenvalue weighted by atomic mass is 10.1. The van der Waals surface area contributed by atoms with Crippen LogP contribution >= 0.6 is 11.6 Å². The fourth-order valence-electron chi connectivity index (χ4n) is 2.69. The van der Waals surface area contributed by atoms with Gasteiger partial charge in [0, 0.05) is 19.7 Å². The van der Waals surface area contributed by atoms with Gasteiger partial charge >= 0.3 is 5.97 Å². The van der Waals surface area contributed by atoms with Crippen molar-refractivity contribution in [2.45, 2.75) is 25.9 Å². The number of carbonyl (C=O) groups excluding carboxylic acids is 2. The van der Waals surface area contributed by atoms with Crippen molar-refractivity contribution in [1.82, 2.24) is 4.90 Å². The van der Waals surface area contributed by atoms with E-state index in [0.29, 0.717) is 23.7 Å². The molecular weight excluding hydrogens is 318 g/mol. The monoisotopic (exact) mass is 339 g/mol. The summed E-state index contributed by atoms with van der Waals surface area (Å²) >= 11 is 6.14. The second kappa shape index (κ2) is 8.31. The van der Waals surface area contributed by atoms with Gasteiger partial charge in [-0.2, -0.15) is 0 Å². The molecule has 1 aromatic carbocycles. The summed E-state index contributed by atoms with van der Waals surface area (Å²) in [5.74, 6) is -0.941. The van der Waals surface area contributed by atoms with Crippen LogP contribution in [0, 0.1) is 5.92 Å². The molecule has 6 heteroatoms. The van der Waals surface area contributed by atoms with Crippen molar-refractivity contribution in [3.63, 3.8) is 0 Å². The van der Waals surface area contributed by atoms with Crippen LogP contribution in [0.2, 0.25) is 5.02 Å². The molecule has 0 aromatic heterocycles. The lowest BCUT2D eigenvalue weighted by molar-refractivity contribution is -0.145. The van der Waals surface area contributed by atoms with Crippen molar-refractivity contribution in [3.05, 3.63) is 34.9 Å². The highest BCUT2D eigenvalue weighted by Gasteiger charge is 2.27. The van der Waals surface area contributed by atoms with Crippen molar-refractivity contribution in [2.24, 2.45) is 5.92 Å². The number of hydrogen-bond donors (Lipinski definition) is 0. The molecule has 0 saturated carbocycles. The number of amides is 1. The summed E-state index contributed by atoms with van der Waals surface area (Å²) in [6, 6.07) is 6.92. The molecule has 5 nitrogen and oxygen atoms in total. The third-order valence-electron chi connectivity index (χ3n) is 3.94. The molecule has 2 unspecified atom stereocenters. The van der Waals surface area contributed by atoms with Crippen LogP contribution in [0.15, 0.2) is 24.3 Å². The fourth-order valence-corrected chi connectivity index (χ4v) is 2.90. The molecule has 2 rings (SSSR count). The van der Waals surface area contributed by atoms with Gasteiger partial charge in [-0.3, -0.25) is 9.59 Å². The molecule has 0 spiro atoms. The van der Waals surface area contributed by atoms with Crippen LogP contribution in [0.25, 0.3) is 0 Å². The predicted octanol–water partition coefficient (Wildman–Crippen LogP) is 2.77. The van der Waals surface area contributed by atoms with E-state index in [1.165, 1.54) is 7.11 Å². The first-order valence-corrected chi connectivity index (χ1v) is 8.14. The molecule has 0 N–H and O–H groups in total. The minimum atomic E-state index is -0.409. The summed E-state index contributed by atoms with van der Waals surface area (Å²) in [6.07, 6.45) is 1.91. The lowest BCUT2D eigenvalue weighted by Crippen LogP contribution is -2.41. The Balaban J connectivity index is 2.16. The molecule has 1 amide bonds. The Kier molecular flexibility index (Phi) is 6.42. The Hall–Kier alpha value is -1.59. The van der Waals surface area contributed by atoms with E-state index in [-0.39, 0.29) is 24.5 Å². The average Bonchev–Trinajstić information content (AvgIpc) is 3.06. The molecule has 2 atom stereocenters. The van der Waals surface area contributed by atoms with Gasteiger partial charge in [-0.05, 0) is 25.0 Å². The van der Waals surface area contributed by atoms with Crippen LogP contribution in [0.3, 0.4) is 0 Å². The van der Waals surface area contributed by atoms with Gasteiger partial charge in [-0.15, -0.1) is 0 Å². The van der Waals surface area contributed by atoms with E-state index in [4.69, 9.17) is 21.1 Å². The standard InChI is InChI=1S/C17H22ClNO4/c1-12(17(21)22-2)10-19(11-13-6-5-9-23-13)16(20)14-7-3-4-8-15(14)18/h3-4,7-8,12-13H,5-6,9-11H2,1-2H3. The Morgan fingerprint density at radius 3 is 2.78 bits per heavy atom. The summed E-state index contributed by atoms with van der Waals surface area (Å²) < 4.78 is 10.4. The fraction of sp³-hybridized carbons (Fsp3) is 0.529. The molecule has 126 valence electrons. The lowest BCUT2D eigenvalue weighted by Gasteiger charge is -2.27. The zero-order valence-corrected chi connectivity index (χ0v) is 14.2. The van der Waals surface area contributed by atoms with Gasteiger partial charge in [0.1, 0.15) is 0 Å². The van der Waals surface area contributed by atoms with Gasteiger partial charge in [0.2, 0.25) is 0 Å². The number of benzene rings is 1. The normalized spacial score (nSPS) is 18.5. The minimum absolute atomic E-state index is 0.00582. The Labute approximate surface area is 141 Å². The molecule has 1 fully saturated rings. The highest BCUT2D eigenvalue weighted by Crippen LogP contribution is 2.20. The SMILES string of the molecule is COC(=O)C(C)CN(CC1CCCO1)C(=O)c1ccccc1Cl. The van der Waals surface area contributed by atoms with Crippen molar-refractivity contribution < 1.29 is 19.1 Å². The number of ether oxygens (including phenoxy) is 2. The Morgan fingerprint density at radius 1 is 1.43 bits per heavy atom. The Morgan fingerprint density at radius 2 is 2.17 bits per heavy atom. The summed E-state index contributed by atoms with van der Waals surface area (Å²) in [6.45, 7) is 3.18. The predicted molar refractivity (Wildman–Crippen MR) is 87.5 cm³/mol. The van der Waals surface area contributed by atoms with E-state index >= 15 is 0 Å². The first-order chi connectivity index (χ1) is 11.0. The number of rotatable bonds is 6. The first kappa shape index (κ1) is 17.8. The maximum Gasteiger partial charge on any atom is 0.310 e. The van der Waals surface area contributed by atoms with Gasteiger partial charge in [0.25, 0.3) is 5.91 Å². The summed E-state index contributed by atoms with van der Waals surface area (Å²) in [7, 11) is 1.35. The molecule has 23 heavy (non-hydrogen) atoms. The summed E-state index contributed by atoms with van der Waals surface area (Å²) in [5.41, 5.74) is 0.434. The zero-order chi connectivity index (χ0) is 16.8. The van der Waals surface area contributed by atoms with E-state index in [0.717, 1.165) is 12.8 Å². The largest absolute Gasteiger partial charge is 0.469 e. The molecule has 1 saturated heterocycles. The number of hydrogen-bond acceptors (Lipinski definition) is 4. The molecule has 1 aliphatic rings. The second-order valence-electron chi connectivity index (χ2n) is 5.75. The number of carbonyl (C=O) groups is 2. The van der Waals surface area contributed by atoms with E-state index in [1.54, 1.807) is 36.1 Å². The average molecular weight is 340 g/mol. The van der Waals surface area contributed by atoms with E-state index in [2.05, 4.69) is 0 Å². The highest BCUT2D eigenvalue weighted by molar-refractivity contribution is 6.33. The van der Waals surface area contributed by atoms with Crippen molar-refractivity contribution in [1.29, 1.82) is 0 Å². The van der Waals surface area contributed by atoms with Gasteiger partial charge in [-0.25, -0.2) is 0 Å². The molecule has 0 radical (unpaired) electrons. The Bertz CT molecular complexity index is 557. The van der Waals surface area contributed by atoms with E-state index in [1.807, 2.05) is 0 Å². The van der Waals surface area contributed by atoms with Crippen LogP contribution in [-0.4, -0.2) is 49.7 Å². The van der Waals surface area contributed by atoms with Gasteiger partial charge < -0.3 is 14.4 Å². The van der Waals surface area contributed by atoms with E-state index in [9.17, 15) is 9.59 Å². The van der Waals surface area contributed by atoms with Crippen LogP contribution in [-0.2, 0) is 14.3 Å².